The molecule has 6 nitrogen and oxygen atoms in total. The Morgan fingerprint density at radius 1 is 1.21 bits per heavy atom. The molecule has 0 N–H and O–H groups in total. The summed E-state index contributed by atoms with van der Waals surface area (Å²) in [4.78, 5) is 34.4. The Bertz CT molecular complexity index is 896. The number of likely N-dealkylation sites (tertiary alicyclic amines) is 1. The molecule has 3 heterocycles. The molecular formula is C23H30N4O2. The molecule has 0 aliphatic carbocycles. The molecule has 1 unspecified atom stereocenters. The molecule has 1 atom stereocenters. The Morgan fingerprint density at radius 3 is 2.59 bits per heavy atom. The maximum atomic E-state index is 13.3. The van der Waals surface area contributed by atoms with Gasteiger partial charge in [0.05, 0.1) is 0 Å². The van der Waals surface area contributed by atoms with E-state index in [9.17, 15) is 9.59 Å². The first-order valence-corrected chi connectivity index (χ1v) is 10.7. The normalized spacial score (nSPS) is 18.4. The van der Waals surface area contributed by atoms with Crippen LogP contribution in [0.5, 0.6) is 0 Å². The second kappa shape index (κ2) is 8.01. The molecule has 0 spiro atoms. The molecule has 2 amide bonds. The standard InChI is InChI=1S/C23H30N4O2/c1-4-20(27-15-18-7-5-6-8-19(18)22(27)28)23(29)25-12-9-17(10-13-25)21-24-11-14-26(21)16(2)3/h5-8,11,14,16-17,20H,4,9-10,12-13,15H2,1-3H3. The smallest absolute Gasteiger partial charge is 0.255 e. The number of hydrogen-bond donors (Lipinski definition) is 0. The van der Waals surface area contributed by atoms with E-state index in [0.29, 0.717) is 24.9 Å². The van der Waals surface area contributed by atoms with Crippen LogP contribution in [0, 0.1) is 0 Å². The highest BCUT2D eigenvalue weighted by atomic mass is 16.2. The van der Waals surface area contributed by atoms with Crippen molar-refractivity contribution in [3.8, 4) is 0 Å². The molecule has 0 radical (unpaired) electrons. The van der Waals surface area contributed by atoms with Crippen molar-refractivity contribution >= 4 is 11.8 Å². The lowest BCUT2D eigenvalue weighted by molar-refractivity contribution is -0.137. The third-order valence-corrected chi connectivity index (χ3v) is 6.32. The van der Waals surface area contributed by atoms with Crippen molar-refractivity contribution in [1.29, 1.82) is 0 Å². The number of carbonyl (C=O) groups excluding carboxylic acids is 2. The lowest BCUT2D eigenvalue weighted by Gasteiger charge is -2.36. The van der Waals surface area contributed by atoms with E-state index in [1.807, 2.05) is 48.5 Å². The maximum Gasteiger partial charge on any atom is 0.255 e. The number of nitrogens with zero attached hydrogens (tertiary/aromatic N) is 4. The van der Waals surface area contributed by atoms with Crippen LogP contribution in [0.25, 0.3) is 0 Å². The topological polar surface area (TPSA) is 58.4 Å². The molecule has 0 saturated carbocycles. The fourth-order valence-electron chi connectivity index (χ4n) is 4.70. The van der Waals surface area contributed by atoms with Gasteiger partial charge >= 0.3 is 0 Å². The number of piperidine rings is 1. The SMILES string of the molecule is CCC(C(=O)N1CCC(c2nccn2C(C)C)CC1)N1Cc2ccccc2C1=O. The summed E-state index contributed by atoms with van der Waals surface area (Å²) in [5, 5.41) is 0. The van der Waals surface area contributed by atoms with Gasteiger partial charge in [0.25, 0.3) is 5.91 Å². The molecule has 1 aromatic carbocycles. The van der Waals surface area contributed by atoms with E-state index in [0.717, 1.165) is 42.9 Å². The van der Waals surface area contributed by atoms with Crippen molar-refractivity contribution in [2.75, 3.05) is 13.1 Å². The molecule has 1 aromatic heterocycles. The molecule has 154 valence electrons. The Labute approximate surface area is 172 Å². The van der Waals surface area contributed by atoms with Crippen LogP contribution in [0.15, 0.2) is 36.7 Å². The van der Waals surface area contributed by atoms with Crippen LogP contribution in [-0.4, -0.2) is 50.3 Å². The zero-order valence-electron chi connectivity index (χ0n) is 17.5. The quantitative estimate of drug-likeness (QED) is 0.778. The Morgan fingerprint density at radius 2 is 1.93 bits per heavy atom. The summed E-state index contributed by atoms with van der Waals surface area (Å²) in [5.74, 6) is 1.58. The molecule has 2 aliphatic rings. The van der Waals surface area contributed by atoms with Crippen molar-refractivity contribution in [3.63, 3.8) is 0 Å². The number of rotatable bonds is 5. The van der Waals surface area contributed by atoms with E-state index < -0.39 is 0 Å². The minimum Gasteiger partial charge on any atom is -0.341 e. The summed E-state index contributed by atoms with van der Waals surface area (Å²) in [6, 6.07) is 7.67. The number of hydrogen-bond acceptors (Lipinski definition) is 3. The zero-order chi connectivity index (χ0) is 20.5. The fourth-order valence-corrected chi connectivity index (χ4v) is 4.70. The molecule has 2 aromatic rings. The van der Waals surface area contributed by atoms with Crippen molar-refractivity contribution in [2.45, 2.75) is 64.6 Å². The van der Waals surface area contributed by atoms with Gasteiger partial charge < -0.3 is 14.4 Å². The van der Waals surface area contributed by atoms with Gasteiger partial charge in [0.15, 0.2) is 0 Å². The van der Waals surface area contributed by atoms with Gasteiger partial charge in [-0.1, -0.05) is 25.1 Å². The van der Waals surface area contributed by atoms with Crippen LogP contribution in [-0.2, 0) is 11.3 Å². The van der Waals surface area contributed by atoms with E-state index in [-0.39, 0.29) is 17.9 Å². The Balaban J connectivity index is 1.42. The minimum absolute atomic E-state index is 0.0188. The molecule has 6 heteroatoms. The molecule has 4 rings (SSSR count). The number of carbonyl (C=O) groups is 2. The lowest BCUT2D eigenvalue weighted by atomic mass is 9.95. The van der Waals surface area contributed by atoms with Crippen molar-refractivity contribution in [1.82, 2.24) is 19.4 Å². The summed E-state index contributed by atoms with van der Waals surface area (Å²) in [7, 11) is 0. The Hall–Kier alpha value is -2.63. The van der Waals surface area contributed by atoms with Gasteiger partial charge in [-0.2, -0.15) is 0 Å². The highest BCUT2D eigenvalue weighted by Gasteiger charge is 2.38. The van der Waals surface area contributed by atoms with Crippen LogP contribution in [0.1, 0.15) is 73.7 Å². The van der Waals surface area contributed by atoms with E-state index >= 15 is 0 Å². The number of amides is 2. The average molecular weight is 395 g/mol. The number of imidazole rings is 1. The van der Waals surface area contributed by atoms with Gasteiger partial charge in [0.2, 0.25) is 5.91 Å². The van der Waals surface area contributed by atoms with Crippen LogP contribution in [0.2, 0.25) is 0 Å². The third-order valence-electron chi connectivity index (χ3n) is 6.32. The predicted molar refractivity (Wildman–Crippen MR) is 112 cm³/mol. The van der Waals surface area contributed by atoms with Gasteiger partial charge in [-0.25, -0.2) is 4.98 Å². The van der Waals surface area contributed by atoms with Crippen molar-refractivity contribution in [3.05, 3.63) is 53.6 Å². The van der Waals surface area contributed by atoms with Gasteiger partial charge in [0.1, 0.15) is 11.9 Å². The lowest BCUT2D eigenvalue weighted by Crippen LogP contribution is -2.50. The van der Waals surface area contributed by atoms with E-state index in [1.165, 1.54) is 0 Å². The highest BCUT2D eigenvalue weighted by molar-refractivity contribution is 6.01. The third kappa shape index (κ3) is 3.56. The van der Waals surface area contributed by atoms with Crippen LogP contribution < -0.4 is 0 Å². The van der Waals surface area contributed by atoms with Crippen LogP contribution in [0.3, 0.4) is 0 Å². The van der Waals surface area contributed by atoms with E-state index in [1.54, 1.807) is 4.90 Å². The Kier molecular flexibility index (Phi) is 5.43. The molecule has 2 aliphatic heterocycles. The summed E-state index contributed by atoms with van der Waals surface area (Å²) in [6.45, 7) is 8.30. The first kappa shape index (κ1) is 19.7. The molecule has 29 heavy (non-hydrogen) atoms. The average Bonchev–Trinajstić information content (AvgIpc) is 3.35. The first-order valence-electron chi connectivity index (χ1n) is 10.7. The number of fused-ring (bicyclic) bond motifs is 1. The summed E-state index contributed by atoms with van der Waals surface area (Å²) in [5.41, 5.74) is 1.75. The summed E-state index contributed by atoms with van der Waals surface area (Å²) in [6.07, 6.45) is 6.38. The maximum absolute atomic E-state index is 13.3. The van der Waals surface area contributed by atoms with Crippen molar-refractivity contribution < 1.29 is 9.59 Å². The second-order valence-electron chi connectivity index (χ2n) is 8.40. The van der Waals surface area contributed by atoms with Gasteiger partial charge in [-0.05, 0) is 44.7 Å². The van der Waals surface area contributed by atoms with E-state index in [4.69, 9.17) is 0 Å². The number of benzene rings is 1. The summed E-state index contributed by atoms with van der Waals surface area (Å²) >= 11 is 0. The number of aromatic nitrogens is 2. The predicted octanol–water partition coefficient (Wildman–Crippen LogP) is 3.60. The van der Waals surface area contributed by atoms with Crippen LogP contribution in [0.4, 0.5) is 0 Å². The fraction of sp³-hybridized carbons (Fsp3) is 0.522. The summed E-state index contributed by atoms with van der Waals surface area (Å²) < 4.78 is 2.23. The monoisotopic (exact) mass is 394 g/mol. The van der Waals surface area contributed by atoms with Gasteiger partial charge in [0, 0.05) is 49.6 Å². The van der Waals surface area contributed by atoms with Gasteiger partial charge in [-0.3, -0.25) is 9.59 Å². The van der Waals surface area contributed by atoms with Crippen molar-refractivity contribution in [2.24, 2.45) is 0 Å². The largest absolute Gasteiger partial charge is 0.341 e. The molecule has 1 fully saturated rings. The zero-order valence-corrected chi connectivity index (χ0v) is 17.5. The van der Waals surface area contributed by atoms with Crippen LogP contribution >= 0.6 is 0 Å². The first-order chi connectivity index (χ1) is 14.0. The molecule has 1 saturated heterocycles. The molecule has 0 bridgehead atoms. The highest BCUT2D eigenvalue weighted by Crippen LogP contribution is 2.31. The molecular weight excluding hydrogens is 364 g/mol. The van der Waals surface area contributed by atoms with Gasteiger partial charge in [-0.15, -0.1) is 0 Å². The minimum atomic E-state index is -0.385. The second-order valence-corrected chi connectivity index (χ2v) is 8.40. The van der Waals surface area contributed by atoms with E-state index in [2.05, 4.69) is 23.4 Å².